The molecule has 0 saturated carbocycles. The third-order valence-corrected chi connectivity index (χ3v) is 5.34. The maximum Gasteiger partial charge on any atom is 0.211 e. The number of nitrogens with zero attached hydrogens (tertiary/aromatic N) is 4. The molecule has 1 fully saturated rings. The predicted molar refractivity (Wildman–Crippen MR) is 92.4 cm³/mol. The number of piperidine rings is 1. The van der Waals surface area contributed by atoms with E-state index in [2.05, 4.69) is 20.3 Å². The van der Waals surface area contributed by atoms with Crippen molar-refractivity contribution in [3.05, 3.63) is 42.5 Å². The molecule has 0 amide bonds. The van der Waals surface area contributed by atoms with E-state index in [-0.39, 0.29) is 5.92 Å². The summed E-state index contributed by atoms with van der Waals surface area (Å²) in [6, 6.07) is 5.61. The second-order valence-electron chi connectivity index (χ2n) is 6.07. The highest BCUT2D eigenvalue weighted by Crippen LogP contribution is 2.22. The normalized spacial score (nSPS) is 19.1. The summed E-state index contributed by atoms with van der Waals surface area (Å²) in [4.78, 5) is 13.0. The first kappa shape index (κ1) is 16.8. The zero-order chi connectivity index (χ0) is 17.0. The molecule has 2 aromatic rings. The van der Waals surface area contributed by atoms with Crippen molar-refractivity contribution in [2.24, 2.45) is 5.92 Å². The first-order valence-corrected chi connectivity index (χ1v) is 9.79. The standard InChI is InChI=1S/C16H21N5O2S/c1-24(22,23)21-8-4-5-13(12-21)9-14-10-19-16(11-18-14)20-15-6-2-3-7-17-15/h2-3,6-7,10-11,13H,4-5,8-9,12H2,1H3,(H,17,19,20). The van der Waals surface area contributed by atoms with Crippen molar-refractivity contribution >= 4 is 21.7 Å². The summed E-state index contributed by atoms with van der Waals surface area (Å²) in [5.74, 6) is 1.65. The lowest BCUT2D eigenvalue weighted by molar-refractivity contribution is 0.265. The Morgan fingerprint density at radius 3 is 2.75 bits per heavy atom. The van der Waals surface area contributed by atoms with Crippen LogP contribution in [0.1, 0.15) is 18.5 Å². The summed E-state index contributed by atoms with van der Waals surface area (Å²) in [6.07, 6.45) is 9.05. The summed E-state index contributed by atoms with van der Waals surface area (Å²) in [7, 11) is -3.11. The number of hydrogen-bond donors (Lipinski definition) is 1. The fourth-order valence-corrected chi connectivity index (χ4v) is 3.83. The monoisotopic (exact) mass is 347 g/mol. The minimum Gasteiger partial charge on any atom is -0.324 e. The third-order valence-electron chi connectivity index (χ3n) is 4.07. The Bertz CT molecular complexity index is 765. The van der Waals surface area contributed by atoms with Crippen LogP contribution in [-0.2, 0) is 16.4 Å². The van der Waals surface area contributed by atoms with Gasteiger partial charge in [-0.15, -0.1) is 0 Å². The zero-order valence-corrected chi connectivity index (χ0v) is 14.4. The van der Waals surface area contributed by atoms with Crippen molar-refractivity contribution in [2.45, 2.75) is 19.3 Å². The second kappa shape index (κ2) is 7.23. The highest BCUT2D eigenvalue weighted by molar-refractivity contribution is 7.88. The molecule has 8 heteroatoms. The maximum absolute atomic E-state index is 11.7. The topological polar surface area (TPSA) is 88.1 Å². The van der Waals surface area contributed by atoms with Gasteiger partial charge in [0.25, 0.3) is 0 Å². The Morgan fingerprint density at radius 1 is 1.21 bits per heavy atom. The molecule has 0 spiro atoms. The molecule has 0 aromatic carbocycles. The summed E-state index contributed by atoms with van der Waals surface area (Å²) < 4.78 is 24.9. The van der Waals surface area contributed by atoms with Gasteiger partial charge in [-0.25, -0.2) is 22.7 Å². The molecule has 128 valence electrons. The minimum atomic E-state index is -3.11. The van der Waals surface area contributed by atoms with Gasteiger partial charge in [-0.05, 0) is 37.3 Å². The van der Waals surface area contributed by atoms with Gasteiger partial charge < -0.3 is 5.32 Å². The van der Waals surface area contributed by atoms with Gasteiger partial charge in [-0.1, -0.05) is 6.07 Å². The van der Waals surface area contributed by atoms with E-state index < -0.39 is 10.0 Å². The number of anilines is 2. The molecular weight excluding hydrogens is 326 g/mol. The Kier molecular flexibility index (Phi) is 5.06. The highest BCUT2D eigenvalue weighted by atomic mass is 32.2. The van der Waals surface area contributed by atoms with E-state index in [4.69, 9.17) is 0 Å². The molecule has 1 unspecified atom stereocenters. The van der Waals surface area contributed by atoms with Crippen LogP contribution in [0.15, 0.2) is 36.8 Å². The van der Waals surface area contributed by atoms with Crippen molar-refractivity contribution < 1.29 is 8.42 Å². The van der Waals surface area contributed by atoms with E-state index in [0.29, 0.717) is 18.9 Å². The zero-order valence-electron chi connectivity index (χ0n) is 13.6. The Balaban J connectivity index is 1.60. The van der Waals surface area contributed by atoms with E-state index in [0.717, 1.165) is 30.8 Å². The van der Waals surface area contributed by atoms with E-state index in [1.165, 1.54) is 6.26 Å². The van der Waals surface area contributed by atoms with Crippen LogP contribution in [0.3, 0.4) is 0 Å². The number of sulfonamides is 1. The van der Waals surface area contributed by atoms with E-state index in [1.807, 2.05) is 18.2 Å². The summed E-state index contributed by atoms with van der Waals surface area (Å²) in [5.41, 5.74) is 0.877. The van der Waals surface area contributed by atoms with Crippen LogP contribution in [-0.4, -0.2) is 47.0 Å². The van der Waals surface area contributed by atoms with Crippen molar-refractivity contribution in [2.75, 3.05) is 24.7 Å². The molecule has 1 atom stereocenters. The lowest BCUT2D eigenvalue weighted by atomic mass is 9.95. The van der Waals surface area contributed by atoms with Gasteiger partial charge >= 0.3 is 0 Å². The van der Waals surface area contributed by atoms with Crippen LogP contribution in [0, 0.1) is 5.92 Å². The van der Waals surface area contributed by atoms with Crippen molar-refractivity contribution in [1.82, 2.24) is 19.3 Å². The van der Waals surface area contributed by atoms with Gasteiger partial charge in [0.15, 0.2) is 0 Å². The molecule has 1 saturated heterocycles. The average molecular weight is 347 g/mol. The van der Waals surface area contributed by atoms with Crippen molar-refractivity contribution in [3.63, 3.8) is 0 Å². The van der Waals surface area contributed by atoms with Gasteiger partial charge in [0, 0.05) is 19.3 Å². The van der Waals surface area contributed by atoms with Crippen LogP contribution in [0.4, 0.5) is 11.6 Å². The first-order valence-electron chi connectivity index (χ1n) is 7.95. The Morgan fingerprint density at radius 2 is 2.08 bits per heavy atom. The number of aromatic nitrogens is 3. The summed E-state index contributed by atoms with van der Waals surface area (Å²) in [5, 5.41) is 3.09. The van der Waals surface area contributed by atoms with Gasteiger partial charge in [0.05, 0.1) is 24.3 Å². The Labute approximate surface area is 142 Å². The number of rotatable bonds is 5. The number of nitrogens with one attached hydrogen (secondary N) is 1. The first-order chi connectivity index (χ1) is 11.5. The van der Waals surface area contributed by atoms with Crippen LogP contribution in [0.2, 0.25) is 0 Å². The van der Waals surface area contributed by atoms with E-state index in [9.17, 15) is 8.42 Å². The second-order valence-corrected chi connectivity index (χ2v) is 8.05. The predicted octanol–water partition coefficient (Wildman–Crippen LogP) is 1.83. The molecule has 0 bridgehead atoms. The number of pyridine rings is 1. The molecular formula is C16H21N5O2S. The summed E-state index contributed by atoms with van der Waals surface area (Å²) >= 11 is 0. The van der Waals surface area contributed by atoms with Gasteiger partial charge in [0.1, 0.15) is 11.6 Å². The lowest BCUT2D eigenvalue weighted by Gasteiger charge is -2.30. The van der Waals surface area contributed by atoms with Gasteiger partial charge in [-0.3, -0.25) is 4.98 Å². The molecule has 7 nitrogen and oxygen atoms in total. The maximum atomic E-state index is 11.7. The van der Waals surface area contributed by atoms with E-state index >= 15 is 0 Å². The van der Waals surface area contributed by atoms with Crippen LogP contribution < -0.4 is 5.32 Å². The van der Waals surface area contributed by atoms with Crippen molar-refractivity contribution in [1.29, 1.82) is 0 Å². The number of hydrogen-bond acceptors (Lipinski definition) is 6. The van der Waals surface area contributed by atoms with Crippen LogP contribution >= 0.6 is 0 Å². The largest absolute Gasteiger partial charge is 0.324 e. The van der Waals surface area contributed by atoms with Crippen LogP contribution in [0.5, 0.6) is 0 Å². The third kappa shape index (κ3) is 4.48. The Hall–Kier alpha value is -2.06. The molecule has 1 aliphatic heterocycles. The fourth-order valence-electron chi connectivity index (χ4n) is 2.88. The molecule has 0 aliphatic carbocycles. The molecule has 1 aliphatic rings. The molecule has 3 rings (SSSR count). The molecule has 1 N–H and O–H groups in total. The average Bonchev–Trinajstić information content (AvgIpc) is 2.57. The van der Waals surface area contributed by atoms with Gasteiger partial charge in [-0.2, -0.15) is 0 Å². The lowest BCUT2D eigenvalue weighted by Crippen LogP contribution is -2.39. The summed E-state index contributed by atoms with van der Waals surface area (Å²) in [6.45, 7) is 1.18. The van der Waals surface area contributed by atoms with Crippen LogP contribution in [0.25, 0.3) is 0 Å². The fraction of sp³-hybridized carbons (Fsp3) is 0.438. The minimum absolute atomic E-state index is 0.289. The highest BCUT2D eigenvalue weighted by Gasteiger charge is 2.26. The SMILES string of the molecule is CS(=O)(=O)N1CCCC(Cc2cnc(Nc3ccccn3)cn2)C1. The smallest absolute Gasteiger partial charge is 0.211 e. The quantitative estimate of drug-likeness (QED) is 0.888. The molecule has 0 radical (unpaired) electrons. The van der Waals surface area contributed by atoms with E-state index in [1.54, 1.807) is 22.9 Å². The molecule has 24 heavy (non-hydrogen) atoms. The molecule has 3 heterocycles. The van der Waals surface area contributed by atoms with Crippen molar-refractivity contribution in [3.8, 4) is 0 Å². The van der Waals surface area contributed by atoms with Gasteiger partial charge in [0.2, 0.25) is 10.0 Å². The molecule has 2 aromatic heterocycles.